The number of aromatic nitrogens is 3. The van der Waals surface area contributed by atoms with Gasteiger partial charge in [0.05, 0.1) is 12.4 Å². The molecule has 0 unspecified atom stereocenters. The molecule has 1 aliphatic rings. The maximum Gasteiger partial charge on any atom is 0.246 e. The molecule has 0 radical (unpaired) electrons. The van der Waals surface area contributed by atoms with Gasteiger partial charge in [0.25, 0.3) is 0 Å². The molecule has 1 fully saturated rings. The number of hydrogen-bond acceptors (Lipinski definition) is 7. The van der Waals surface area contributed by atoms with E-state index in [0.717, 1.165) is 19.3 Å². The van der Waals surface area contributed by atoms with Gasteiger partial charge in [-0.2, -0.15) is 4.31 Å². The summed E-state index contributed by atoms with van der Waals surface area (Å²) in [6, 6.07) is 4.70. The summed E-state index contributed by atoms with van der Waals surface area (Å²) in [6.07, 6.45) is 6.00. The summed E-state index contributed by atoms with van der Waals surface area (Å²) in [5.41, 5.74) is 0.400. The monoisotopic (exact) mass is 465 g/mol. The zero-order valence-corrected chi connectivity index (χ0v) is 19.1. The van der Waals surface area contributed by atoms with Gasteiger partial charge in [-0.15, -0.1) is 16.8 Å². The third-order valence-electron chi connectivity index (χ3n) is 4.70. The van der Waals surface area contributed by atoms with Crippen molar-refractivity contribution in [3.05, 3.63) is 37.2 Å². The molecule has 0 spiro atoms. The Bertz CT molecular complexity index is 1020. The van der Waals surface area contributed by atoms with Crippen LogP contribution in [-0.2, 0) is 21.4 Å². The van der Waals surface area contributed by atoms with E-state index in [-0.39, 0.29) is 22.3 Å². The van der Waals surface area contributed by atoms with Crippen molar-refractivity contribution < 1.29 is 17.9 Å². The van der Waals surface area contributed by atoms with Crippen LogP contribution in [0.3, 0.4) is 0 Å². The highest BCUT2D eigenvalue weighted by Crippen LogP contribution is 2.31. The summed E-state index contributed by atoms with van der Waals surface area (Å²) in [5.74, 6) is 0.124. The summed E-state index contributed by atoms with van der Waals surface area (Å²) in [7, 11) is -3.71. The summed E-state index contributed by atoms with van der Waals surface area (Å²) in [5, 5.41) is 11.2. The van der Waals surface area contributed by atoms with E-state index in [1.165, 1.54) is 22.1 Å². The number of piperidine rings is 1. The first-order chi connectivity index (χ1) is 15.0. The fraction of sp³-hybridized carbons (Fsp3) is 0.450. The van der Waals surface area contributed by atoms with Crippen molar-refractivity contribution in [3.63, 3.8) is 0 Å². The number of nitrogens with zero attached hydrogens (tertiary/aromatic N) is 4. The van der Waals surface area contributed by atoms with Gasteiger partial charge in [0, 0.05) is 25.3 Å². The number of ether oxygens (including phenoxy) is 1. The second-order valence-electron chi connectivity index (χ2n) is 6.95. The molecule has 0 aliphatic carbocycles. The number of benzene rings is 1. The van der Waals surface area contributed by atoms with Crippen LogP contribution in [0.1, 0.15) is 26.2 Å². The second-order valence-corrected chi connectivity index (χ2v) is 9.80. The standard InChI is InChI=1S/C20H27N5O4S2/c1-3-10-24-15-21-23-20(24)30-14-19(26)22-16-8-9-17(29-4-2)18(13-16)31(27,28)25-11-6-5-7-12-25/h3,8-9,13,15H,1,4-7,10-12,14H2,2H3,(H,22,26). The first-order valence-corrected chi connectivity index (χ1v) is 12.6. The van der Waals surface area contributed by atoms with Crippen LogP contribution in [-0.4, -0.2) is 58.8 Å². The summed E-state index contributed by atoms with van der Waals surface area (Å²) in [6.45, 7) is 7.36. The van der Waals surface area contributed by atoms with Crippen LogP contribution in [0, 0.1) is 0 Å². The number of carbonyl (C=O) groups excluding carboxylic acids is 1. The predicted molar refractivity (Wildman–Crippen MR) is 120 cm³/mol. The number of rotatable bonds is 10. The molecule has 11 heteroatoms. The molecule has 31 heavy (non-hydrogen) atoms. The molecule has 168 valence electrons. The number of amides is 1. The Kier molecular flexibility index (Phi) is 8.10. The second kappa shape index (κ2) is 10.8. The van der Waals surface area contributed by atoms with Gasteiger partial charge >= 0.3 is 0 Å². The number of anilines is 1. The molecule has 1 aromatic carbocycles. The topological polar surface area (TPSA) is 106 Å². The van der Waals surface area contributed by atoms with Crippen LogP contribution in [0.25, 0.3) is 0 Å². The van der Waals surface area contributed by atoms with Crippen molar-refractivity contribution in [1.82, 2.24) is 19.1 Å². The maximum absolute atomic E-state index is 13.2. The molecule has 3 rings (SSSR count). The average Bonchev–Trinajstić information content (AvgIpc) is 3.21. The van der Waals surface area contributed by atoms with E-state index in [0.29, 0.717) is 37.1 Å². The quantitative estimate of drug-likeness (QED) is 0.425. The van der Waals surface area contributed by atoms with Crippen LogP contribution in [0.2, 0.25) is 0 Å². The van der Waals surface area contributed by atoms with Crippen molar-refractivity contribution in [2.24, 2.45) is 0 Å². The molecule has 1 aliphatic heterocycles. The number of sulfonamides is 1. The Morgan fingerprint density at radius 3 is 2.81 bits per heavy atom. The molecule has 2 heterocycles. The lowest BCUT2D eigenvalue weighted by molar-refractivity contribution is -0.113. The summed E-state index contributed by atoms with van der Waals surface area (Å²) < 4.78 is 35.2. The van der Waals surface area contributed by atoms with E-state index in [4.69, 9.17) is 4.74 Å². The Morgan fingerprint density at radius 2 is 2.10 bits per heavy atom. The Balaban J connectivity index is 1.74. The Labute approximate surface area is 186 Å². The molecule has 1 amide bonds. The Hall–Kier alpha value is -2.37. The van der Waals surface area contributed by atoms with E-state index in [2.05, 4.69) is 22.1 Å². The van der Waals surface area contributed by atoms with Crippen LogP contribution in [0.15, 0.2) is 47.2 Å². The molecule has 1 saturated heterocycles. The van der Waals surface area contributed by atoms with Gasteiger partial charge in [0.1, 0.15) is 17.0 Å². The van der Waals surface area contributed by atoms with E-state index in [1.807, 2.05) is 0 Å². The minimum Gasteiger partial charge on any atom is -0.492 e. The maximum atomic E-state index is 13.2. The first kappa shape index (κ1) is 23.3. The van der Waals surface area contributed by atoms with Crippen molar-refractivity contribution >= 4 is 33.4 Å². The zero-order valence-electron chi connectivity index (χ0n) is 17.5. The normalized spacial score (nSPS) is 14.9. The summed E-state index contributed by atoms with van der Waals surface area (Å²) >= 11 is 1.24. The van der Waals surface area contributed by atoms with Crippen LogP contribution in [0.5, 0.6) is 5.75 Å². The number of nitrogens with one attached hydrogen (secondary N) is 1. The molecule has 0 bridgehead atoms. The molecule has 1 N–H and O–H groups in total. The predicted octanol–water partition coefficient (Wildman–Crippen LogP) is 2.77. The van der Waals surface area contributed by atoms with Crippen LogP contribution >= 0.6 is 11.8 Å². The largest absolute Gasteiger partial charge is 0.492 e. The third kappa shape index (κ3) is 5.86. The van der Waals surface area contributed by atoms with E-state index >= 15 is 0 Å². The molecule has 0 saturated carbocycles. The fourth-order valence-corrected chi connectivity index (χ4v) is 5.65. The smallest absolute Gasteiger partial charge is 0.246 e. The van der Waals surface area contributed by atoms with Gasteiger partial charge in [0.15, 0.2) is 5.16 Å². The number of hydrogen-bond donors (Lipinski definition) is 1. The molecular weight excluding hydrogens is 438 g/mol. The lowest BCUT2D eigenvalue weighted by atomic mass is 10.2. The Morgan fingerprint density at radius 1 is 1.32 bits per heavy atom. The number of allylic oxidation sites excluding steroid dienone is 1. The van der Waals surface area contributed by atoms with E-state index < -0.39 is 10.0 Å². The minimum atomic E-state index is -3.71. The number of carbonyl (C=O) groups is 1. The highest BCUT2D eigenvalue weighted by Gasteiger charge is 2.29. The zero-order chi connectivity index (χ0) is 22.3. The van der Waals surface area contributed by atoms with Crippen molar-refractivity contribution in [3.8, 4) is 5.75 Å². The first-order valence-electron chi connectivity index (χ1n) is 10.1. The van der Waals surface area contributed by atoms with Gasteiger partial charge in [-0.3, -0.25) is 4.79 Å². The lowest BCUT2D eigenvalue weighted by Gasteiger charge is -2.27. The summed E-state index contributed by atoms with van der Waals surface area (Å²) in [4.78, 5) is 12.5. The van der Waals surface area contributed by atoms with Crippen molar-refractivity contribution in [1.29, 1.82) is 0 Å². The minimum absolute atomic E-state index is 0.0763. The SMILES string of the molecule is C=CCn1cnnc1SCC(=O)Nc1ccc(OCC)c(S(=O)(=O)N2CCCCC2)c1. The van der Waals surface area contributed by atoms with Crippen molar-refractivity contribution in [2.45, 2.75) is 42.8 Å². The highest BCUT2D eigenvalue weighted by molar-refractivity contribution is 7.99. The van der Waals surface area contributed by atoms with Gasteiger partial charge in [-0.1, -0.05) is 24.3 Å². The fourth-order valence-electron chi connectivity index (χ4n) is 3.25. The molecule has 1 aromatic heterocycles. The molecule has 0 atom stereocenters. The third-order valence-corrected chi connectivity index (χ3v) is 7.60. The van der Waals surface area contributed by atoms with Gasteiger partial charge in [0.2, 0.25) is 15.9 Å². The van der Waals surface area contributed by atoms with E-state index in [1.54, 1.807) is 36.0 Å². The average molecular weight is 466 g/mol. The van der Waals surface area contributed by atoms with Crippen LogP contribution < -0.4 is 10.1 Å². The van der Waals surface area contributed by atoms with Crippen LogP contribution in [0.4, 0.5) is 5.69 Å². The van der Waals surface area contributed by atoms with Gasteiger partial charge in [-0.25, -0.2) is 8.42 Å². The van der Waals surface area contributed by atoms with Gasteiger partial charge < -0.3 is 14.6 Å². The highest BCUT2D eigenvalue weighted by atomic mass is 32.2. The van der Waals surface area contributed by atoms with Gasteiger partial charge in [-0.05, 0) is 38.0 Å². The molecule has 2 aromatic rings. The lowest BCUT2D eigenvalue weighted by Crippen LogP contribution is -2.35. The van der Waals surface area contributed by atoms with Crippen molar-refractivity contribution in [2.75, 3.05) is 30.8 Å². The molecule has 9 nitrogen and oxygen atoms in total. The van der Waals surface area contributed by atoms with E-state index in [9.17, 15) is 13.2 Å². The molecular formula is C20H27N5O4S2. The number of thioether (sulfide) groups is 1.